The van der Waals surface area contributed by atoms with Crippen molar-refractivity contribution in [2.24, 2.45) is 0 Å². The van der Waals surface area contributed by atoms with E-state index in [1.54, 1.807) is 13.8 Å². The van der Waals surface area contributed by atoms with Crippen LogP contribution >= 0.6 is 10.7 Å². The quantitative estimate of drug-likeness (QED) is 0.830. The number of carboxylic acids is 1. The second kappa shape index (κ2) is 4.00. The highest BCUT2D eigenvalue weighted by Gasteiger charge is 2.20. The summed E-state index contributed by atoms with van der Waals surface area (Å²) in [5.41, 5.74) is 1.71. The molecule has 0 atom stereocenters. The first-order valence-corrected chi connectivity index (χ1v) is 7.33. The van der Waals surface area contributed by atoms with Crippen LogP contribution in [-0.4, -0.2) is 24.5 Å². The minimum absolute atomic E-state index is 0.0692. The fourth-order valence-electron chi connectivity index (χ4n) is 1.84. The van der Waals surface area contributed by atoms with Gasteiger partial charge in [-0.05, 0) is 37.1 Å². The Bertz CT molecular complexity index is 761. The van der Waals surface area contributed by atoms with Crippen LogP contribution in [-0.2, 0) is 9.05 Å². The second-order valence-corrected chi connectivity index (χ2v) is 6.57. The molecule has 2 rings (SSSR count). The second-order valence-electron chi connectivity index (χ2n) is 4.03. The molecule has 18 heavy (non-hydrogen) atoms. The van der Waals surface area contributed by atoms with Crippen LogP contribution in [0.4, 0.5) is 0 Å². The van der Waals surface area contributed by atoms with Gasteiger partial charge in [0.2, 0.25) is 0 Å². The largest absolute Gasteiger partial charge is 0.477 e. The Morgan fingerprint density at radius 2 is 1.94 bits per heavy atom. The SMILES string of the molecule is Cc1cc(S(=O)(=O)Cl)c2[nH]c(C(=O)O)cc2c1C. The van der Waals surface area contributed by atoms with Gasteiger partial charge in [0.25, 0.3) is 9.05 Å². The number of aromatic nitrogens is 1. The third-order valence-corrected chi connectivity index (χ3v) is 4.25. The number of fused-ring (bicyclic) bond motifs is 1. The molecule has 1 heterocycles. The molecule has 2 N–H and O–H groups in total. The molecule has 0 aliphatic carbocycles. The molecule has 0 aliphatic heterocycles. The van der Waals surface area contributed by atoms with Crippen molar-refractivity contribution in [3.63, 3.8) is 0 Å². The Labute approximate surface area is 108 Å². The van der Waals surface area contributed by atoms with Crippen LogP contribution in [0.25, 0.3) is 10.9 Å². The molecule has 1 aromatic carbocycles. The zero-order valence-corrected chi connectivity index (χ0v) is 11.2. The highest BCUT2D eigenvalue weighted by Crippen LogP contribution is 2.30. The van der Waals surface area contributed by atoms with Crippen molar-refractivity contribution < 1.29 is 18.3 Å². The standard InChI is InChI=1S/C11H10ClNO4S/c1-5-3-9(18(12,16)17)10-7(6(5)2)4-8(13-10)11(14)15/h3-4,13H,1-2H3,(H,14,15). The summed E-state index contributed by atoms with van der Waals surface area (Å²) < 4.78 is 23.0. The number of nitrogens with one attached hydrogen (secondary N) is 1. The van der Waals surface area contributed by atoms with E-state index >= 15 is 0 Å². The Hall–Kier alpha value is -1.53. The van der Waals surface area contributed by atoms with Crippen molar-refractivity contribution in [1.29, 1.82) is 0 Å². The van der Waals surface area contributed by atoms with Gasteiger partial charge >= 0.3 is 5.97 Å². The molecule has 96 valence electrons. The molecule has 5 nitrogen and oxygen atoms in total. The lowest BCUT2D eigenvalue weighted by atomic mass is 10.1. The molecule has 2 aromatic rings. The van der Waals surface area contributed by atoms with Crippen LogP contribution in [0, 0.1) is 13.8 Å². The summed E-state index contributed by atoms with van der Waals surface area (Å²) in [5.74, 6) is -1.15. The maximum absolute atomic E-state index is 11.5. The first-order valence-electron chi connectivity index (χ1n) is 5.02. The Morgan fingerprint density at radius 3 is 2.44 bits per heavy atom. The van der Waals surface area contributed by atoms with E-state index in [2.05, 4.69) is 4.98 Å². The third-order valence-electron chi connectivity index (χ3n) is 2.90. The van der Waals surface area contributed by atoms with Gasteiger partial charge in [0.15, 0.2) is 0 Å². The van der Waals surface area contributed by atoms with Gasteiger partial charge in [-0.15, -0.1) is 0 Å². The number of carboxylic acid groups (broad SMARTS) is 1. The number of carbonyl (C=O) groups is 1. The molecule has 0 spiro atoms. The van der Waals surface area contributed by atoms with Crippen molar-refractivity contribution in [3.05, 3.63) is 29.0 Å². The number of aromatic carboxylic acids is 1. The summed E-state index contributed by atoms with van der Waals surface area (Å²) in [6, 6.07) is 2.84. The molecule has 0 bridgehead atoms. The summed E-state index contributed by atoms with van der Waals surface area (Å²) in [7, 11) is 1.42. The fraction of sp³-hybridized carbons (Fsp3) is 0.182. The van der Waals surface area contributed by atoms with Crippen molar-refractivity contribution in [2.45, 2.75) is 18.7 Å². The van der Waals surface area contributed by atoms with Crippen LogP contribution < -0.4 is 0 Å². The average molecular weight is 288 g/mol. The van der Waals surface area contributed by atoms with Crippen LogP contribution in [0.2, 0.25) is 0 Å². The van der Waals surface area contributed by atoms with Crippen LogP contribution in [0.5, 0.6) is 0 Å². The Kier molecular flexibility index (Phi) is 2.87. The minimum Gasteiger partial charge on any atom is -0.477 e. The van der Waals surface area contributed by atoms with Crippen molar-refractivity contribution in [3.8, 4) is 0 Å². The molecule has 0 saturated carbocycles. The summed E-state index contributed by atoms with van der Waals surface area (Å²) in [6.45, 7) is 3.54. The van der Waals surface area contributed by atoms with Crippen LogP contribution in [0.3, 0.4) is 0 Å². The Morgan fingerprint density at radius 1 is 1.33 bits per heavy atom. The lowest BCUT2D eigenvalue weighted by Crippen LogP contribution is -1.97. The molecule has 0 saturated heterocycles. The molecule has 0 aliphatic rings. The zero-order chi connectivity index (χ0) is 13.7. The molecule has 0 unspecified atom stereocenters. The molecular weight excluding hydrogens is 278 g/mol. The smallest absolute Gasteiger partial charge is 0.352 e. The molecule has 0 radical (unpaired) electrons. The van der Waals surface area contributed by atoms with E-state index in [1.165, 1.54) is 12.1 Å². The van der Waals surface area contributed by atoms with Gasteiger partial charge in [0.05, 0.1) is 5.52 Å². The third kappa shape index (κ3) is 1.97. The number of aryl methyl sites for hydroxylation is 2. The number of halogens is 1. The van der Waals surface area contributed by atoms with Crippen molar-refractivity contribution >= 4 is 36.6 Å². The van der Waals surface area contributed by atoms with E-state index in [-0.39, 0.29) is 16.1 Å². The molecular formula is C11H10ClNO4S. The molecule has 7 heteroatoms. The van der Waals surface area contributed by atoms with Crippen molar-refractivity contribution in [2.75, 3.05) is 0 Å². The number of rotatable bonds is 2. The monoisotopic (exact) mass is 287 g/mol. The van der Waals surface area contributed by atoms with E-state index in [1.807, 2.05) is 0 Å². The van der Waals surface area contributed by atoms with E-state index in [0.29, 0.717) is 5.39 Å². The lowest BCUT2D eigenvalue weighted by Gasteiger charge is -2.05. The lowest BCUT2D eigenvalue weighted by molar-refractivity contribution is 0.0691. The summed E-state index contributed by atoms with van der Waals surface area (Å²) in [6.07, 6.45) is 0. The van der Waals surface area contributed by atoms with Gasteiger partial charge < -0.3 is 10.1 Å². The predicted molar refractivity (Wildman–Crippen MR) is 67.8 cm³/mol. The Balaban J connectivity index is 2.97. The van der Waals surface area contributed by atoms with E-state index in [0.717, 1.165) is 11.1 Å². The average Bonchev–Trinajstić information content (AvgIpc) is 2.66. The van der Waals surface area contributed by atoms with Gasteiger partial charge in [-0.1, -0.05) is 0 Å². The van der Waals surface area contributed by atoms with E-state index in [4.69, 9.17) is 15.8 Å². The highest BCUT2D eigenvalue weighted by molar-refractivity contribution is 8.14. The molecule has 1 aromatic heterocycles. The highest BCUT2D eigenvalue weighted by atomic mass is 35.7. The van der Waals surface area contributed by atoms with Gasteiger partial charge in [0.1, 0.15) is 10.6 Å². The van der Waals surface area contributed by atoms with E-state index < -0.39 is 15.0 Å². The van der Waals surface area contributed by atoms with Crippen LogP contribution in [0.15, 0.2) is 17.0 Å². The zero-order valence-electron chi connectivity index (χ0n) is 9.61. The number of hydrogen-bond acceptors (Lipinski definition) is 3. The predicted octanol–water partition coefficient (Wildman–Crippen LogP) is 2.41. The van der Waals surface area contributed by atoms with Gasteiger partial charge in [-0.3, -0.25) is 0 Å². The van der Waals surface area contributed by atoms with Gasteiger partial charge in [0, 0.05) is 16.1 Å². The summed E-state index contributed by atoms with van der Waals surface area (Å²) >= 11 is 0. The van der Waals surface area contributed by atoms with Gasteiger partial charge in [-0.25, -0.2) is 13.2 Å². The fourth-order valence-corrected chi connectivity index (χ4v) is 2.93. The van der Waals surface area contributed by atoms with Crippen LogP contribution in [0.1, 0.15) is 21.6 Å². The normalized spacial score (nSPS) is 11.9. The maximum Gasteiger partial charge on any atom is 0.352 e. The molecule has 0 fully saturated rings. The summed E-state index contributed by atoms with van der Waals surface area (Å²) in [5, 5.41) is 9.47. The van der Waals surface area contributed by atoms with Gasteiger partial charge in [-0.2, -0.15) is 0 Å². The number of aromatic amines is 1. The first kappa shape index (κ1) is 12.9. The first-order chi connectivity index (χ1) is 8.21. The maximum atomic E-state index is 11.5. The minimum atomic E-state index is -3.93. The van der Waals surface area contributed by atoms with E-state index in [9.17, 15) is 13.2 Å². The number of benzene rings is 1. The summed E-state index contributed by atoms with van der Waals surface area (Å²) in [4.78, 5) is 13.4. The molecule has 0 amide bonds. The van der Waals surface area contributed by atoms with Crippen molar-refractivity contribution in [1.82, 2.24) is 4.98 Å². The number of hydrogen-bond donors (Lipinski definition) is 2. The number of H-pyrrole nitrogens is 1. The topological polar surface area (TPSA) is 87.2 Å².